The Labute approximate surface area is 113 Å². The van der Waals surface area contributed by atoms with E-state index in [0.29, 0.717) is 13.0 Å². The molecule has 0 radical (unpaired) electrons. The number of hydrogen-bond acceptors (Lipinski definition) is 4. The number of hydrogen-bond donors (Lipinski definition) is 2. The van der Waals surface area contributed by atoms with E-state index < -0.39 is 11.6 Å². The largest absolute Gasteiger partial charge is 0.468 e. The van der Waals surface area contributed by atoms with Gasteiger partial charge in [0.05, 0.1) is 7.11 Å². The summed E-state index contributed by atoms with van der Waals surface area (Å²) in [6.45, 7) is 0.368. The highest BCUT2D eigenvalue weighted by atomic mass is 127. The molecule has 1 fully saturated rings. The molecule has 1 heterocycles. The van der Waals surface area contributed by atoms with Crippen LogP contribution in [0.25, 0.3) is 0 Å². The van der Waals surface area contributed by atoms with Crippen LogP contribution < -0.4 is 5.32 Å². The summed E-state index contributed by atoms with van der Waals surface area (Å²) in [5.74, 6) is -0.327. The van der Waals surface area contributed by atoms with Gasteiger partial charge in [-0.2, -0.15) is 0 Å². The minimum atomic E-state index is -0.983. The van der Waals surface area contributed by atoms with Crippen LogP contribution in [0.5, 0.6) is 0 Å². The molecule has 0 aromatic heterocycles. The summed E-state index contributed by atoms with van der Waals surface area (Å²) in [6.07, 6.45) is 0.347. The van der Waals surface area contributed by atoms with E-state index in [2.05, 4.69) is 32.6 Å². The lowest BCUT2D eigenvalue weighted by molar-refractivity contribution is -0.143. The fourth-order valence-corrected chi connectivity index (χ4v) is 2.42. The molecular formula is C12H14INO3. The molecule has 0 aliphatic carbocycles. The van der Waals surface area contributed by atoms with Crippen LogP contribution in [0, 0.1) is 3.57 Å². The van der Waals surface area contributed by atoms with Crippen LogP contribution in [0.2, 0.25) is 0 Å². The van der Waals surface area contributed by atoms with Crippen molar-refractivity contribution >= 4 is 28.6 Å². The number of halogens is 1. The first-order valence-corrected chi connectivity index (χ1v) is 6.43. The maximum Gasteiger partial charge on any atom is 0.322 e. The van der Waals surface area contributed by atoms with Gasteiger partial charge in [-0.3, -0.25) is 4.79 Å². The third-order valence-corrected chi connectivity index (χ3v) is 3.77. The van der Waals surface area contributed by atoms with Crippen LogP contribution >= 0.6 is 22.6 Å². The number of rotatable bonds is 2. The van der Waals surface area contributed by atoms with Crippen molar-refractivity contribution in [2.75, 3.05) is 13.7 Å². The molecule has 92 valence electrons. The second-order valence-corrected chi connectivity index (χ2v) is 5.44. The summed E-state index contributed by atoms with van der Waals surface area (Å²) in [5, 5.41) is 13.5. The van der Waals surface area contributed by atoms with Crippen molar-refractivity contribution in [2.45, 2.75) is 18.1 Å². The Kier molecular flexibility index (Phi) is 3.70. The Balaban J connectivity index is 2.16. The van der Waals surface area contributed by atoms with Gasteiger partial charge in [0.15, 0.2) is 0 Å². The Morgan fingerprint density at radius 3 is 2.76 bits per heavy atom. The molecule has 1 aliphatic heterocycles. The second kappa shape index (κ2) is 4.91. The zero-order valence-electron chi connectivity index (χ0n) is 9.44. The topological polar surface area (TPSA) is 58.6 Å². The first-order chi connectivity index (χ1) is 8.05. The number of carbonyl (C=O) groups is 1. The third kappa shape index (κ3) is 2.61. The van der Waals surface area contributed by atoms with E-state index in [9.17, 15) is 9.90 Å². The van der Waals surface area contributed by atoms with Gasteiger partial charge in [-0.1, -0.05) is 12.1 Å². The number of benzene rings is 1. The molecule has 17 heavy (non-hydrogen) atoms. The van der Waals surface area contributed by atoms with Crippen LogP contribution in [-0.4, -0.2) is 30.8 Å². The first-order valence-electron chi connectivity index (χ1n) is 5.35. The standard InChI is InChI=1S/C12H14INO3/c1-17-11(15)10-6-12(16,7-14-10)8-2-4-9(13)5-3-8/h2-5,10,14,16H,6-7H2,1H3/t10-,12-/m0/s1. The van der Waals surface area contributed by atoms with E-state index in [1.165, 1.54) is 7.11 Å². The minimum absolute atomic E-state index is 0.327. The monoisotopic (exact) mass is 347 g/mol. The molecule has 4 nitrogen and oxygen atoms in total. The van der Waals surface area contributed by atoms with Crippen molar-refractivity contribution < 1.29 is 14.6 Å². The number of aliphatic hydroxyl groups is 1. The predicted molar refractivity (Wildman–Crippen MR) is 71.5 cm³/mol. The van der Waals surface area contributed by atoms with Crippen molar-refractivity contribution in [3.63, 3.8) is 0 Å². The highest BCUT2D eigenvalue weighted by Gasteiger charge is 2.41. The van der Waals surface area contributed by atoms with Crippen molar-refractivity contribution in [1.82, 2.24) is 5.32 Å². The van der Waals surface area contributed by atoms with Crippen molar-refractivity contribution in [3.05, 3.63) is 33.4 Å². The van der Waals surface area contributed by atoms with Gasteiger partial charge in [0, 0.05) is 16.5 Å². The van der Waals surface area contributed by atoms with Crippen LogP contribution in [0.15, 0.2) is 24.3 Å². The number of methoxy groups -OCH3 is 1. The minimum Gasteiger partial charge on any atom is -0.468 e. The Bertz CT molecular complexity index is 420. The lowest BCUT2D eigenvalue weighted by Gasteiger charge is -2.22. The third-order valence-electron chi connectivity index (χ3n) is 3.05. The molecule has 1 aliphatic rings. The number of esters is 1. The molecule has 1 saturated heterocycles. The molecular weight excluding hydrogens is 333 g/mol. The molecule has 1 aromatic rings. The van der Waals surface area contributed by atoms with Gasteiger partial charge in [0.2, 0.25) is 0 Å². The van der Waals surface area contributed by atoms with Crippen LogP contribution in [0.3, 0.4) is 0 Å². The fourth-order valence-electron chi connectivity index (χ4n) is 2.06. The molecule has 5 heteroatoms. The van der Waals surface area contributed by atoms with Gasteiger partial charge in [-0.05, 0) is 40.3 Å². The molecule has 1 aromatic carbocycles. The Hall–Kier alpha value is -0.660. The van der Waals surface area contributed by atoms with Gasteiger partial charge in [-0.25, -0.2) is 0 Å². The highest BCUT2D eigenvalue weighted by molar-refractivity contribution is 14.1. The van der Waals surface area contributed by atoms with E-state index in [1.54, 1.807) is 0 Å². The van der Waals surface area contributed by atoms with E-state index in [4.69, 9.17) is 0 Å². The van der Waals surface area contributed by atoms with E-state index in [0.717, 1.165) is 9.13 Å². The summed E-state index contributed by atoms with van der Waals surface area (Å²) < 4.78 is 5.78. The van der Waals surface area contributed by atoms with Gasteiger partial charge < -0.3 is 15.2 Å². The second-order valence-electron chi connectivity index (χ2n) is 4.20. The first kappa shape index (κ1) is 12.8. The van der Waals surface area contributed by atoms with Gasteiger partial charge in [0.25, 0.3) is 0 Å². The summed E-state index contributed by atoms with van der Waals surface area (Å²) in [5.41, 5.74) is -0.153. The number of ether oxygens (including phenoxy) is 1. The molecule has 0 amide bonds. The normalized spacial score (nSPS) is 28.1. The van der Waals surface area contributed by atoms with E-state index >= 15 is 0 Å². The molecule has 2 rings (SSSR count). The SMILES string of the molecule is COC(=O)[C@@H]1C[C@@](O)(c2ccc(I)cc2)CN1. The van der Waals surface area contributed by atoms with Gasteiger partial charge >= 0.3 is 5.97 Å². The molecule has 2 N–H and O–H groups in total. The predicted octanol–water partition coefficient (Wildman–Crippen LogP) is 1.01. The molecule has 0 bridgehead atoms. The van der Waals surface area contributed by atoms with Crippen molar-refractivity contribution in [2.24, 2.45) is 0 Å². The van der Waals surface area contributed by atoms with Crippen LogP contribution in [0.4, 0.5) is 0 Å². The maximum absolute atomic E-state index is 11.4. The average Bonchev–Trinajstić information content (AvgIpc) is 2.73. The lowest BCUT2D eigenvalue weighted by atomic mass is 9.91. The summed E-state index contributed by atoms with van der Waals surface area (Å²) >= 11 is 2.21. The molecule has 0 unspecified atom stereocenters. The lowest BCUT2D eigenvalue weighted by Crippen LogP contribution is -2.31. The smallest absolute Gasteiger partial charge is 0.322 e. The zero-order chi connectivity index (χ0) is 12.5. The van der Waals surface area contributed by atoms with Gasteiger partial charge in [-0.15, -0.1) is 0 Å². The number of β-amino-alcohol motifs (C(OH)–C–C–N with tert-alkyl or cyclic N) is 1. The summed E-state index contributed by atoms with van der Waals surface area (Å²) in [4.78, 5) is 11.4. The molecule has 0 saturated carbocycles. The van der Waals surface area contributed by atoms with Crippen molar-refractivity contribution in [3.8, 4) is 0 Å². The van der Waals surface area contributed by atoms with Crippen molar-refractivity contribution in [1.29, 1.82) is 0 Å². The van der Waals surface area contributed by atoms with E-state index in [1.807, 2.05) is 24.3 Å². The molecule has 0 spiro atoms. The number of carbonyl (C=O) groups excluding carboxylic acids is 1. The van der Waals surface area contributed by atoms with Crippen LogP contribution in [-0.2, 0) is 15.1 Å². The fraction of sp³-hybridized carbons (Fsp3) is 0.417. The quantitative estimate of drug-likeness (QED) is 0.620. The highest BCUT2D eigenvalue weighted by Crippen LogP contribution is 2.31. The average molecular weight is 347 g/mol. The van der Waals surface area contributed by atoms with Gasteiger partial charge in [0.1, 0.15) is 11.6 Å². The number of nitrogens with one attached hydrogen (secondary N) is 1. The van der Waals surface area contributed by atoms with Crippen LogP contribution in [0.1, 0.15) is 12.0 Å². The summed E-state index contributed by atoms with van der Waals surface area (Å²) in [6, 6.07) is 7.24. The zero-order valence-corrected chi connectivity index (χ0v) is 11.6. The Morgan fingerprint density at radius 2 is 2.18 bits per heavy atom. The molecule has 2 atom stereocenters. The van der Waals surface area contributed by atoms with E-state index in [-0.39, 0.29) is 5.97 Å². The Morgan fingerprint density at radius 1 is 1.53 bits per heavy atom. The summed E-state index contributed by atoms with van der Waals surface area (Å²) in [7, 11) is 1.35. The maximum atomic E-state index is 11.4.